The first-order valence-electron chi connectivity index (χ1n) is 4.95. The average Bonchev–Trinajstić information content (AvgIpc) is 2.47. The lowest BCUT2D eigenvalue weighted by Gasteiger charge is -2.16. The molecule has 0 fully saturated rings. The standard InChI is InChI=1S/C9H16ClN3O2S/c1-6(2)7(3)12-16(14,15)9-8(10)13(4)5-11-9/h5-7,12H,1-4H3/t7-/m1/s1. The van der Waals surface area contributed by atoms with Crippen molar-refractivity contribution in [2.45, 2.75) is 31.8 Å². The quantitative estimate of drug-likeness (QED) is 0.895. The summed E-state index contributed by atoms with van der Waals surface area (Å²) in [5, 5.41) is -0.00683. The molecule has 1 aromatic rings. The fourth-order valence-corrected chi connectivity index (χ4v) is 2.83. The summed E-state index contributed by atoms with van der Waals surface area (Å²) in [4.78, 5) is 3.78. The van der Waals surface area contributed by atoms with Gasteiger partial charge in [-0.2, -0.15) is 0 Å². The third-order valence-corrected chi connectivity index (χ3v) is 4.48. The van der Waals surface area contributed by atoms with Gasteiger partial charge in [0.25, 0.3) is 10.0 Å². The van der Waals surface area contributed by atoms with Gasteiger partial charge >= 0.3 is 0 Å². The summed E-state index contributed by atoms with van der Waals surface area (Å²) in [6.45, 7) is 5.68. The van der Waals surface area contributed by atoms with Crippen molar-refractivity contribution in [2.75, 3.05) is 0 Å². The Morgan fingerprint density at radius 1 is 1.44 bits per heavy atom. The second-order valence-electron chi connectivity index (χ2n) is 4.11. The molecule has 0 aliphatic carbocycles. The van der Waals surface area contributed by atoms with E-state index in [2.05, 4.69) is 9.71 Å². The van der Waals surface area contributed by atoms with E-state index in [1.165, 1.54) is 10.9 Å². The van der Waals surface area contributed by atoms with E-state index in [1.807, 2.05) is 13.8 Å². The maximum atomic E-state index is 11.9. The molecule has 0 saturated carbocycles. The highest BCUT2D eigenvalue weighted by Gasteiger charge is 2.24. The molecule has 7 heteroatoms. The third-order valence-electron chi connectivity index (χ3n) is 2.43. The molecule has 92 valence electrons. The zero-order valence-electron chi connectivity index (χ0n) is 9.73. The van der Waals surface area contributed by atoms with E-state index in [0.29, 0.717) is 0 Å². The van der Waals surface area contributed by atoms with Crippen LogP contribution in [0.15, 0.2) is 11.4 Å². The number of nitrogens with one attached hydrogen (secondary N) is 1. The number of nitrogens with zero attached hydrogens (tertiary/aromatic N) is 2. The molecule has 0 radical (unpaired) electrons. The maximum Gasteiger partial charge on any atom is 0.261 e. The maximum absolute atomic E-state index is 11.9. The SMILES string of the molecule is CC(C)[C@@H](C)NS(=O)(=O)c1ncn(C)c1Cl. The van der Waals surface area contributed by atoms with Crippen LogP contribution in [-0.2, 0) is 17.1 Å². The van der Waals surface area contributed by atoms with Gasteiger partial charge in [0.2, 0.25) is 5.03 Å². The predicted molar refractivity (Wildman–Crippen MR) is 62.8 cm³/mol. The number of hydrogen-bond donors (Lipinski definition) is 1. The molecule has 0 aliphatic rings. The van der Waals surface area contributed by atoms with Gasteiger partial charge in [-0.3, -0.25) is 0 Å². The van der Waals surface area contributed by atoms with Crippen molar-refractivity contribution < 1.29 is 8.42 Å². The Morgan fingerprint density at radius 2 is 2.00 bits per heavy atom. The minimum Gasteiger partial charge on any atom is -0.324 e. The third kappa shape index (κ3) is 2.75. The number of aryl methyl sites for hydroxylation is 1. The minimum absolute atomic E-state index is 0.114. The molecule has 1 rings (SSSR count). The zero-order valence-corrected chi connectivity index (χ0v) is 11.3. The van der Waals surface area contributed by atoms with Crippen LogP contribution >= 0.6 is 11.6 Å². The number of hydrogen-bond acceptors (Lipinski definition) is 3. The first-order valence-corrected chi connectivity index (χ1v) is 6.81. The molecule has 1 N–H and O–H groups in total. The summed E-state index contributed by atoms with van der Waals surface area (Å²) in [6.07, 6.45) is 1.37. The Kier molecular flexibility index (Phi) is 3.98. The predicted octanol–water partition coefficient (Wildman–Crippen LogP) is 1.40. The molecule has 1 atom stereocenters. The van der Waals surface area contributed by atoms with Gasteiger partial charge in [0.15, 0.2) is 0 Å². The molecule has 16 heavy (non-hydrogen) atoms. The van der Waals surface area contributed by atoms with Crippen LogP contribution < -0.4 is 4.72 Å². The van der Waals surface area contributed by atoms with Gasteiger partial charge in [-0.25, -0.2) is 18.1 Å². The van der Waals surface area contributed by atoms with E-state index in [-0.39, 0.29) is 22.1 Å². The number of halogens is 1. The van der Waals surface area contributed by atoms with E-state index in [9.17, 15) is 8.42 Å². The molecule has 0 aromatic carbocycles. The summed E-state index contributed by atoms with van der Waals surface area (Å²) in [5.74, 6) is 0.206. The van der Waals surface area contributed by atoms with Crippen LogP contribution in [0.5, 0.6) is 0 Å². The van der Waals surface area contributed by atoms with E-state index in [1.54, 1.807) is 14.0 Å². The minimum atomic E-state index is -3.63. The number of sulfonamides is 1. The van der Waals surface area contributed by atoms with Crippen molar-refractivity contribution in [3.05, 3.63) is 11.5 Å². The van der Waals surface area contributed by atoms with Crippen LogP contribution in [0.25, 0.3) is 0 Å². The van der Waals surface area contributed by atoms with Crippen LogP contribution in [0, 0.1) is 5.92 Å². The Hall–Kier alpha value is -0.590. The molecular weight excluding hydrogens is 250 g/mol. The van der Waals surface area contributed by atoms with Gasteiger partial charge in [-0.05, 0) is 12.8 Å². The monoisotopic (exact) mass is 265 g/mol. The number of imidazole rings is 1. The Labute approximate surface area is 101 Å². The van der Waals surface area contributed by atoms with Crippen LogP contribution in [0.1, 0.15) is 20.8 Å². The smallest absolute Gasteiger partial charge is 0.261 e. The molecule has 1 heterocycles. The van der Waals surface area contributed by atoms with Gasteiger partial charge in [-0.15, -0.1) is 0 Å². The second kappa shape index (κ2) is 4.73. The van der Waals surface area contributed by atoms with Crippen molar-refractivity contribution in [1.82, 2.24) is 14.3 Å². The fraction of sp³-hybridized carbons (Fsp3) is 0.667. The largest absolute Gasteiger partial charge is 0.324 e. The Balaban J connectivity index is 3.00. The summed E-state index contributed by atoms with van der Waals surface area (Å²) in [7, 11) is -1.99. The molecule has 1 aromatic heterocycles. The van der Waals surface area contributed by atoms with Crippen LogP contribution in [0.4, 0.5) is 0 Å². The first kappa shape index (κ1) is 13.5. The van der Waals surface area contributed by atoms with Crippen molar-refractivity contribution >= 4 is 21.6 Å². The van der Waals surface area contributed by atoms with Gasteiger partial charge in [-0.1, -0.05) is 25.4 Å². The van der Waals surface area contributed by atoms with Crippen molar-refractivity contribution in [2.24, 2.45) is 13.0 Å². The lowest BCUT2D eigenvalue weighted by Crippen LogP contribution is -2.36. The summed E-state index contributed by atoms with van der Waals surface area (Å²) < 4.78 is 27.8. The first-order chi connectivity index (χ1) is 7.25. The van der Waals surface area contributed by atoms with Crippen LogP contribution in [0.3, 0.4) is 0 Å². The zero-order chi connectivity index (χ0) is 12.5. The van der Waals surface area contributed by atoms with Crippen LogP contribution in [0.2, 0.25) is 5.15 Å². The molecule has 0 amide bonds. The highest BCUT2D eigenvalue weighted by Crippen LogP contribution is 2.19. The van der Waals surface area contributed by atoms with E-state index >= 15 is 0 Å². The van der Waals surface area contributed by atoms with Gasteiger partial charge in [0, 0.05) is 13.1 Å². The van der Waals surface area contributed by atoms with E-state index in [0.717, 1.165) is 0 Å². The highest BCUT2D eigenvalue weighted by molar-refractivity contribution is 7.89. The molecule has 0 spiro atoms. The van der Waals surface area contributed by atoms with Crippen molar-refractivity contribution in [3.8, 4) is 0 Å². The molecule has 0 unspecified atom stereocenters. The molecule has 0 aliphatic heterocycles. The van der Waals surface area contributed by atoms with Crippen molar-refractivity contribution in [3.63, 3.8) is 0 Å². The van der Waals surface area contributed by atoms with E-state index < -0.39 is 10.0 Å². The molecule has 5 nitrogen and oxygen atoms in total. The van der Waals surface area contributed by atoms with E-state index in [4.69, 9.17) is 11.6 Å². The van der Waals surface area contributed by atoms with Gasteiger partial charge in [0.05, 0.1) is 6.33 Å². The molecule has 0 bridgehead atoms. The lowest BCUT2D eigenvalue weighted by atomic mass is 10.1. The Morgan fingerprint density at radius 3 is 2.38 bits per heavy atom. The molecular formula is C9H16ClN3O2S. The van der Waals surface area contributed by atoms with Gasteiger partial charge < -0.3 is 4.57 Å². The second-order valence-corrected chi connectivity index (χ2v) is 6.09. The number of aromatic nitrogens is 2. The average molecular weight is 266 g/mol. The summed E-state index contributed by atoms with van der Waals surface area (Å²) >= 11 is 5.84. The van der Waals surface area contributed by atoms with Gasteiger partial charge in [0.1, 0.15) is 5.15 Å². The van der Waals surface area contributed by atoms with Crippen LogP contribution in [-0.4, -0.2) is 24.0 Å². The number of rotatable bonds is 4. The summed E-state index contributed by atoms with van der Waals surface area (Å²) in [6, 6.07) is -0.164. The topological polar surface area (TPSA) is 64.0 Å². The normalized spacial score (nSPS) is 14.4. The van der Waals surface area contributed by atoms with Crippen molar-refractivity contribution in [1.29, 1.82) is 0 Å². The molecule has 0 saturated heterocycles. The lowest BCUT2D eigenvalue weighted by molar-refractivity contribution is 0.475. The fourth-order valence-electron chi connectivity index (χ4n) is 1.01. The summed E-state index contributed by atoms with van der Waals surface area (Å²) in [5.41, 5.74) is 0. The highest BCUT2D eigenvalue weighted by atomic mass is 35.5. The Bertz CT molecular complexity index is 467.